The van der Waals surface area contributed by atoms with Crippen LogP contribution in [0.2, 0.25) is 0 Å². The van der Waals surface area contributed by atoms with E-state index in [0.717, 1.165) is 11.3 Å². The highest BCUT2D eigenvalue weighted by Crippen LogP contribution is 2.22. The van der Waals surface area contributed by atoms with Crippen molar-refractivity contribution in [2.45, 2.75) is 12.5 Å². The molecule has 3 N–H and O–H groups in total. The molecule has 0 spiro atoms. The van der Waals surface area contributed by atoms with Gasteiger partial charge in [-0.25, -0.2) is 0 Å². The molecule has 0 fully saturated rings. The highest BCUT2D eigenvalue weighted by Gasteiger charge is 2.23. The number of anilines is 1. The number of ether oxygens (including phenoxy) is 1. The Morgan fingerprint density at radius 2 is 1.78 bits per heavy atom. The molecule has 122 valence electrons. The first-order valence-electron chi connectivity index (χ1n) is 7.44. The van der Waals surface area contributed by atoms with Gasteiger partial charge in [0.15, 0.2) is 0 Å². The SMILES string of the molecule is COc1ccccc1NCC(=O)NCC(C)(O)c1ccccc1. The van der Waals surface area contributed by atoms with Crippen LogP contribution in [0.5, 0.6) is 5.75 Å². The monoisotopic (exact) mass is 314 g/mol. The Kier molecular flexibility index (Phi) is 5.60. The van der Waals surface area contributed by atoms with Crippen molar-refractivity contribution in [1.29, 1.82) is 0 Å². The molecule has 0 aliphatic rings. The van der Waals surface area contributed by atoms with Gasteiger partial charge in [-0.1, -0.05) is 42.5 Å². The van der Waals surface area contributed by atoms with Crippen molar-refractivity contribution >= 4 is 11.6 Å². The highest BCUT2D eigenvalue weighted by molar-refractivity contribution is 5.81. The standard InChI is InChI=1S/C18H22N2O3/c1-18(22,14-8-4-3-5-9-14)13-20-17(21)12-19-15-10-6-7-11-16(15)23-2/h3-11,19,22H,12-13H2,1-2H3,(H,20,21). The molecule has 0 aromatic heterocycles. The minimum Gasteiger partial charge on any atom is -0.495 e. The van der Waals surface area contributed by atoms with Gasteiger partial charge in [0.1, 0.15) is 11.4 Å². The average Bonchev–Trinajstić information content (AvgIpc) is 2.59. The maximum atomic E-state index is 12.0. The van der Waals surface area contributed by atoms with E-state index in [9.17, 15) is 9.90 Å². The third kappa shape index (κ3) is 4.72. The molecule has 0 heterocycles. The lowest BCUT2D eigenvalue weighted by atomic mass is 9.96. The van der Waals surface area contributed by atoms with E-state index in [0.29, 0.717) is 5.75 Å². The zero-order valence-corrected chi connectivity index (χ0v) is 13.4. The number of benzene rings is 2. The average molecular weight is 314 g/mol. The van der Waals surface area contributed by atoms with Gasteiger partial charge in [0.25, 0.3) is 0 Å². The van der Waals surface area contributed by atoms with Crippen LogP contribution in [0.25, 0.3) is 0 Å². The number of aliphatic hydroxyl groups is 1. The number of rotatable bonds is 7. The van der Waals surface area contributed by atoms with Crippen molar-refractivity contribution in [3.63, 3.8) is 0 Å². The third-order valence-electron chi connectivity index (χ3n) is 3.57. The van der Waals surface area contributed by atoms with E-state index in [1.807, 2.05) is 54.6 Å². The molecular weight excluding hydrogens is 292 g/mol. The summed E-state index contributed by atoms with van der Waals surface area (Å²) in [7, 11) is 1.58. The molecule has 0 bridgehead atoms. The van der Waals surface area contributed by atoms with Crippen LogP contribution in [-0.2, 0) is 10.4 Å². The summed E-state index contributed by atoms with van der Waals surface area (Å²) >= 11 is 0. The largest absolute Gasteiger partial charge is 0.495 e. The summed E-state index contributed by atoms with van der Waals surface area (Å²) in [5, 5.41) is 16.2. The maximum Gasteiger partial charge on any atom is 0.239 e. The molecule has 0 saturated heterocycles. The Morgan fingerprint density at radius 1 is 1.13 bits per heavy atom. The van der Waals surface area contributed by atoms with Crippen molar-refractivity contribution in [3.05, 3.63) is 60.2 Å². The molecule has 2 aromatic carbocycles. The topological polar surface area (TPSA) is 70.6 Å². The number of para-hydroxylation sites is 2. The van der Waals surface area contributed by atoms with Crippen molar-refractivity contribution < 1.29 is 14.6 Å². The second kappa shape index (κ2) is 7.65. The number of hydrogen-bond donors (Lipinski definition) is 3. The van der Waals surface area contributed by atoms with Gasteiger partial charge in [-0.05, 0) is 24.6 Å². The van der Waals surface area contributed by atoms with Gasteiger partial charge in [-0.15, -0.1) is 0 Å². The number of nitrogens with one attached hydrogen (secondary N) is 2. The first-order valence-corrected chi connectivity index (χ1v) is 7.44. The van der Waals surface area contributed by atoms with E-state index in [4.69, 9.17) is 4.74 Å². The fourth-order valence-corrected chi connectivity index (χ4v) is 2.20. The Labute approximate surface area is 136 Å². The molecular formula is C18H22N2O3. The van der Waals surface area contributed by atoms with Gasteiger partial charge in [-0.2, -0.15) is 0 Å². The van der Waals surface area contributed by atoms with Crippen LogP contribution < -0.4 is 15.4 Å². The predicted octanol–water partition coefficient (Wildman–Crippen LogP) is 2.13. The molecule has 2 aromatic rings. The van der Waals surface area contributed by atoms with Gasteiger partial charge in [0.05, 0.1) is 25.9 Å². The van der Waals surface area contributed by atoms with Crippen molar-refractivity contribution in [1.82, 2.24) is 5.32 Å². The molecule has 1 amide bonds. The number of methoxy groups -OCH3 is 1. The van der Waals surface area contributed by atoms with Crippen LogP contribution >= 0.6 is 0 Å². The first kappa shape index (κ1) is 16.8. The summed E-state index contributed by atoms with van der Waals surface area (Å²) < 4.78 is 5.22. The van der Waals surface area contributed by atoms with Crippen LogP contribution in [0, 0.1) is 0 Å². The van der Waals surface area contributed by atoms with Crippen LogP contribution in [0.4, 0.5) is 5.69 Å². The lowest BCUT2D eigenvalue weighted by Gasteiger charge is -2.24. The molecule has 1 atom stereocenters. The van der Waals surface area contributed by atoms with Crippen molar-refractivity contribution in [2.75, 3.05) is 25.5 Å². The molecule has 0 aliphatic heterocycles. The Morgan fingerprint density at radius 3 is 2.48 bits per heavy atom. The Balaban J connectivity index is 1.86. The Bertz CT molecular complexity index is 642. The summed E-state index contributed by atoms with van der Waals surface area (Å²) in [6.07, 6.45) is 0. The second-order valence-corrected chi connectivity index (χ2v) is 5.47. The van der Waals surface area contributed by atoms with Crippen molar-refractivity contribution in [2.24, 2.45) is 0 Å². The lowest BCUT2D eigenvalue weighted by Crippen LogP contribution is -2.40. The Hall–Kier alpha value is -2.53. The van der Waals surface area contributed by atoms with Crippen LogP contribution in [0.15, 0.2) is 54.6 Å². The first-order chi connectivity index (χ1) is 11.0. The zero-order chi connectivity index (χ0) is 16.7. The predicted molar refractivity (Wildman–Crippen MR) is 90.5 cm³/mol. The molecule has 0 saturated carbocycles. The van der Waals surface area contributed by atoms with Gasteiger partial charge in [0, 0.05) is 0 Å². The molecule has 1 unspecified atom stereocenters. The van der Waals surface area contributed by atoms with Gasteiger partial charge >= 0.3 is 0 Å². The van der Waals surface area contributed by atoms with E-state index < -0.39 is 5.60 Å². The lowest BCUT2D eigenvalue weighted by molar-refractivity contribution is -0.120. The normalized spacial score (nSPS) is 13.0. The van der Waals surface area contributed by atoms with Crippen LogP contribution in [0.3, 0.4) is 0 Å². The van der Waals surface area contributed by atoms with E-state index in [2.05, 4.69) is 10.6 Å². The molecule has 0 radical (unpaired) electrons. The number of amides is 1. The molecule has 2 rings (SSSR count). The van der Waals surface area contributed by atoms with E-state index in [-0.39, 0.29) is 19.0 Å². The van der Waals surface area contributed by atoms with E-state index >= 15 is 0 Å². The second-order valence-electron chi connectivity index (χ2n) is 5.47. The summed E-state index contributed by atoms with van der Waals surface area (Å²) in [5.74, 6) is 0.476. The number of hydrogen-bond acceptors (Lipinski definition) is 4. The summed E-state index contributed by atoms with van der Waals surface area (Å²) in [6, 6.07) is 16.6. The van der Waals surface area contributed by atoms with Crippen molar-refractivity contribution in [3.8, 4) is 5.75 Å². The van der Waals surface area contributed by atoms with Gasteiger partial charge in [0.2, 0.25) is 5.91 Å². The van der Waals surface area contributed by atoms with E-state index in [1.165, 1.54) is 0 Å². The van der Waals surface area contributed by atoms with Crippen LogP contribution in [0.1, 0.15) is 12.5 Å². The molecule has 23 heavy (non-hydrogen) atoms. The summed E-state index contributed by atoms with van der Waals surface area (Å²) in [4.78, 5) is 12.0. The van der Waals surface area contributed by atoms with E-state index in [1.54, 1.807) is 14.0 Å². The van der Waals surface area contributed by atoms with Gasteiger partial charge < -0.3 is 20.5 Å². The minimum absolute atomic E-state index is 0.102. The third-order valence-corrected chi connectivity index (χ3v) is 3.57. The zero-order valence-electron chi connectivity index (χ0n) is 13.4. The number of carbonyl (C=O) groups excluding carboxylic acids is 1. The number of carbonyl (C=O) groups is 1. The fraction of sp³-hybridized carbons (Fsp3) is 0.278. The quantitative estimate of drug-likeness (QED) is 0.732. The highest BCUT2D eigenvalue weighted by atomic mass is 16.5. The minimum atomic E-state index is -1.11. The smallest absolute Gasteiger partial charge is 0.239 e. The summed E-state index contributed by atoms with van der Waals surface area (Å²) in [6.45, 7) is 1.92. The molecule has 0 aliphatic carbocycles. The maximum absolute atomic E-state index is 12.0. The fourth-order valence-electron chi connectivity index (χ4n) is 2.20. The molecule has 5 nitrogen and oxygen atoms in total. The summed E-state index contributed by atoms with van der Waals surface area (Å²) in [5.41, 5.74) is 0.402. The van der Waals surface area contributed by atoms with Gasteiger partial charge in [-0.3, -0.25) is 4.79 Å². The molecule has 5 heteroatoms. The van der Waals surface area contributed by atoms with Crippen LogP contribution in [-0.4, -0.2) is 31.2 Å².